The van der Waals surface area contributed by atoms with Crippen molar-refractivity contribution in [2.24, 2.45) is 5.92 Å². The summed E-state index contributed by atoms with van der Waals surface area (Å²) in [5.74, 6) is 0.451. The Balaban J connectivity index is 2.03. The molecule has 2 heterocycles. The van der Waals surface area contributed by atoms with Crippen LogP contribution in [0.25, 0.3) is 0 Å². The summed E-state index contributed by atoms with van der Waals surface area (Å²) >= 11 is 3.35. The van der Waals surface area contributed by atoms with Crippen LogP contribution in [0.5, 0.6) is 0 Å². The van der Waals surface area contributed by atoms with Crippen molar-refractivity contribution in [1.82, 2.24) is 9.62 Å². The molecule has 0 bridgehead atoms. The lowest BCUT2D eigenvalue weighted by molar-refractivity contribution is 0.335. The van der Waals surface area contributed by atoms with Crippen LogP contribution in [-0.4, -0.2) is 37.9 Å². The maximum atomic E-state index is 12.9. The molecule has 3 unspecified atom stereocenters. The Morgan fingerprint density at radius 3 is 2.79 bits per heavy atom. The molecule has 2 aliphatic heterocycles. The molecule has 19 heavy (non-hydrogen) atoms. The zero-order valence-electron chi connectivity index (χ0n) is 10.7. The summed E-state index contributed by atoms with van der Waals surface area (Å²) in [4.78, 5) is 0.370. The maximum absolute atomic E-state index is 12.9. The number of hydrogen-bond donors (Lipinski definition) is 1. The lowest BCUT2D eigenvalue weighted by Gasteiger charge is -2.27. The third kappa shape index (κ3) is 2.14. The molecule has 2 aliphatic rings. The van der Waals surface area contributed by atoms with Crippen LogP contribution in [0.15, 0.2) is 33.6 Å². The van der Waals surface area contributed by atoms with E-state index in [2.05, 4.69) is 21.2 Å². The molecule has 2 saturated heterocycles. The highest BCUT2D eigenvalue weighted by Crippen LogP contribution is 2.38. The lowest BCUT2D eigenvalue weighted by Crippen LogP contribution is -2.42. The van der Waals surface area contributed by atoms with Crippen molar-refractivity contribution < 1.29 is 8.42 Å². The van der Waals surface area contributed by atoms with Gasteiger partial charge in [0, 0.05) is 23.1 Å². The first kappa shape index (κ1) is 13.5. The van der Waals surface area contributed by atoms with Gasteiger partial charge in [0.15, 0.2) is 0 Å². The summed E-state index contributed by atoms with van der Waals surface area (Å²) in [6.45, 7) is 3.70. The summed E-state index contributed by atoms with van der Waals surface area (Å²) < 4.78 is 28.1. The highest BCUT2D eigenvalue weighted by molar-refractivity contribution is 9.10. The standard InChI is InChI=1S/C13H17BrN2O2S/c1-9-6-10-7-15-8-12(10)16(9)19(17,18)13-5-3-2-4-11(13)14/h2-5,9-10,12,15H,6-8H2,1H3. The molecule has 2 fully saturated rings. The Morgan fingerprint density at radius 2 is 2.05 bits per heavy atom. The Labute approximate surface area is 122 Å². The molecule has 1 aromatic rings. The molecule has 3 atom stereocenters. The number of benzene rings is 1. The van der Waals surface area contributed by atoms with E-state index >= 15 is 0 Å². The Morgan fingerprint density at radius 1 is 1.32 bits per heavy atom. The molecular weight excluding hydrogens is 328 g/mol. The zero-order valence-corrected chi connectivity index (χ0v) is 13.1. The van der Waals surface area contributed by atoms with E-state index in [4.69, 9.17) is 0 Å². The van der Waals surface area contributed by atoms with Gasteiger partial charge in [0.2, 0.25) is 10.0 Å². The van der Waals surface area contributed by atoms with Crippen molar-refractivity contribution in [3.05, 3.63) is 28.7 Å². The first-order valence-corrected chi connectivity index (χ1v) is 8.74. The van der Waals surface area contributed by atoms with E-state index in [1.54, 1.807) is 22.5 Å². The van der Waals surface area contributed by atoms with Crippen LogP contribution in [0, 0.1) is 5.92 Å². The third-order valence-electron chi connectivity index (χ3n) is 4.10. The predicted molar refractivity (Wildman–Crippen MR) is 77.4 cm³/mol. The predicted octanol–water partition coefficient (Wildman–Crippen LogP) is 1.82. The van der Waals surface area contributed by atoms with Gasteiger partial charge in [-0.1, -0.05) is 12.1 Å². The summed E-state index contributed by atoms with van der Waals surface area (Å²) in [6.07, 6.45) is 0.946. The van der Waals surface area contributed by atoms with E-state index in [0.717, 1.165) is 19.5 Å². The molecule has 0 aliphatic carbocycles. The van der Waals surface area contributed by atoms with Gasteiger partial charge in [-0.15, -0.1) is 0 Å². The minimum Gasteiger partial charge on any atom is -0.315 e. The number of hydrogen-bond acceptors (Lipinski definition) is 3. The van der Waals surface area contributed by atoms with Crippen LogP contribution in [0.3, 0.4) is 0 Å². The largest absolute Gasteiger partial charge is 0.315 e. The molecule has 1 N–H and O–H groups in total. The summed E-state index contributed by atoms with van der Waals surface area (Å²) in [6, 6.07) is 7.22. The first-order chi connectivity index (χ1) is 9.01. The van der Waals surface area contributed by atoms with Gasteiger partial charge in [0.1, 0.15) is 0 Å². The fourth-order valence-corrected chi connectivity index (χ4v) is 6.16. The van der Waals surface area contributed by atoms with Crippen molar-refractivity contribution in [3.63, 3.8) is 0 Å². The Kier molecular flexibility index (Phi) is 3.45. The van der Waals surface area contributed by atoms with Gasteiger partial charge in [-0.05, 0) is 53.9 Å². The molecule has 4 nitrogen and oxygen atoms in total. The third-order valence-corrected chi connectivity index (χ3v) is 7.15. The maximum Gasteiger partial charge on any atom is 0.244 e. The normalized spacial score (nSPS) is 31.6. The van der Waals surface area contributed by atoms with Crippen molar-refractivity contribution in [3.8, 4) is 0 Å². The number of rotatable bonds is 2. The highest BCUT2D eigenvalue weighted by atomic mass is 79.9. The fourth-order valence-electron chi connectivity index (χ4n) is 3.31. The lowest BCUT2D eigenvalue weighted by atomic mass is 10.0. The van der Waals surface area contributed by atoms with Crippen LogP contribution in [0.2, 0.25) is 0 Å². The number of nitrogens with one attached hydrogen (secondary N) is 1. The quantitative estimate of drug-likeness (QED) is 0.890. The SMILES string of the molecule is CC1CC2CNCC2N1S(=O)(=O)c1ccccc1Br. The minimum absolute atomic E-state index is 0.0780. The number of sulfonamides is 1. The second-order valence-electron chi connectivity index (χ2n) is 5.34. The topological polar surface area (TPSA) is 49.4 Å². The number of fused-ring (bicyclic) bond motifs is 1. The van der Waals surface area contributed by atoms with Crippen LogP contribution in [-0.2, 0) is 10.0 Å². The molecule has 0 aromatic heterocycles. The average molecular weight is 345 g/mol. The van der Waals surface area contributed by atoms with Gasteiger partial charge in [-0.3, -0.25) is 0 Å². The van der Waals surface area contributed by atoms with Gasteiger partial charge in [-0.25, -0.2) is 8.42 Å². The second kappa shape index (κ2) is 4.84. The Bertz CT molecular complexity index is 590. The Hall–Kier alpha value is -0.430. The van der Waals surface area contributed by atoms with E-state index in [1.165, 1.54) is 0 Å². The van der Waals surface area contributed by atoms with E-state index in [0.29, 0.717) is 15.3 Å². The van der Waals surface area contributed by atoms with Crippen molar-refractivity contribution >= 4 is 26.0 Å². The van der Waals surface area contributed by atoms with Gasteiger partial charge in [-0.2, -0.15) is 4.31 Å². The van der Waals surface area contributed by atoms with Crippen molar-refractivity contribution in [1.29, 1.82) is 0 Å². The molecular formula is C13H17BrN2O2S. The van der Waals surface area contributed by atoms with Crippen LogP contribution >= 0.6 is 15.9 Å². The van der Waals surface area contributed by atoms with Gasteiger partial charge < -0.3 is 5.32 Å². The molecule has 0 saturated carbocycles. The monoisotopic (exact) mass is 344 g/mol. The molecule has 0 amide bonds. The number of nitrogens with zero attached hydrogens (tertiary/aromatic N) is 1. The molecule has 0 spiro atoms. The second-order valence-corrected chi connectivity index (χ2v) is 8.00. The first-order valence-electron chi connectivity index (χ1n) is 6.50. The van der Waals surface area contributed by atoms with Crippen LogP contribution in [0.1, 0.15) is 13.3 Å². The van der Waals surface area contributed by atoms with E-state index in [-0.39, 0.29) is 12.1 Å². The minimum atomic E-state index is -3.43. The van der Waals surface area contributed by atoms with Crippen LogP contribution in [0.4, 0.5) is 0 Å². The molecule has 0 radical (unpaired) electrons. The van der Waals surface area contributed by atoms with Gasteiger partial charge in [0.25, 0.3) is 0 Å². The summed E-state index contributed by atoms with van der Waals surface area (Å²) in [5.41, 5.74) is 0. The fraction of sp³-hybridized carbons (Fsp3) is 0.538. The average Bonchev–Trinajstić information content (AvgIpc) is 2.88. The van der Waals surface area contributed by atoms with E-state index < -0.39 is 10.0 Å². The molecule has 6 heteroatoms. The van der Waals surface area contributed by atoms with Gasteiger partial charge >= 0.3 is 0 Å². The van der Waals surface area contributed by atoms with Gasteiger partial charge in [0.05, 0.1) is 4.90 Å². The van der Waals surface area contributed by atoms with Crippen molar-refractivity contribution in [2.45, 2.75) is 30.3 Å². The van der Waals surface area contributed by atoms with E-state index in [9.17, 15) is 8.42 Å². The van der Waals surface area contributed by atoms with E-state index in [1.807, 2.05) is 13.0 Å². The molecule has 3 rings (SSSR count). The smallest absolute Gasteiger partial charge is 0.244 e. The van der Waals surface area contributed by atoms with Crippen molar-refractivity contribution in [2.75, 3.05) is 13.1 Å². The molecule has 104 valence electrons. The highest BCUT2D eigenvalue weighted by Gasteiger charge is 2.48. The number of halogens is 1. The van der Waals surface area contributed by atoms with Crippen LogP contribution < -0.4 is 5.32 Å². The summed E-state index contributed by atoms with van der Waals surface area (Å²) in [7, 11) is -3.43. The summed E-state index contributed by atoms with van der Waals surface area (Å²) in [5, 5.41) is 3.30. The zero-order chi connectivity index (χ0) is 13.6. The molecule has 1 aromatic carbocycles.